The topological polar surface area (TPSA) is 98.5 Å². The number of amides is 1. The molecule has 2 heterocycles. The minimum Gasteiger partial charge on any atom is -0.300 e. The highest BCUT2D eigenvalue weighted by Gasteiger charge is 2.20. The molecule has 0 aliphatic rings. The van der Waals surface area contributed by atoms with Gasteiger partial charge in [-0.15, -0.1) is 15.3 Å². The fourth-order valence-electron chi connectivity index (χ4n) is 1.86. The predicted octanol–water partition coefficient (Wildman–Crippen LogP) is 2.85. The van der Waals surface area contributed by atoms with Gasteiger partial charge >= 0.3 is 0 Å². The van der Waals surface area contributed by atoms with Crippen LogP contribution in [0.25, 0.3) is 5.69 Å². The standard InChI is InChI=1S/C14H14ClN7OS2/c1-3-11-17-18-13(25-11)16-12(23)8(2)24-14-19-20-21-22(14)10-6-4-9(15)5-7-10/h4-8H,3H2,1-2H3,(H,16,18,23)/t8-/m0/s1. The van der Waals surface area contributed by atoms with Crippen molar-refractivity contribution in [3.8, 4) is 5.69 Å². The van der Waals surface area contributed by atoms with E-state index in [0.29, 0.717) is 15.3 Å². The number of carbonyl (C=O) groups is 1. The Labute approximate surface area is 157 Å². The van der Waals surface area contributed by atoms with E-state index in [9.17, 15) is 4.79 Å². The van der Waals surface area contributed by atoms with Crippen molar-refractivity contribution >= 4 is 45.7 Å². The molecule has 0 fully saturated rings. The zero-order valence-corrected chi connectivity index (χ0v) is 15.8. The van der Waals surface area contributed by atoms with Crippen molar-refractivity contribution in [1.82, 2.24) is 30.4 Å². The molecule has 0 saturated heterocycles. The fraction of sp³-hybridized carbons (Fsp3) is 0.286. The molecule has 0 spiro atoms. The third-order valence-electron chi connectivity index (χ3n) is 3.16. The summed E-state index contributed by atoms with van der Waals surface area (Å²) in [7, 11) is 0. The predicted molar refractivity (Wildman–Crippen MR) is 97.4 cm³/mol. The molecule has 1 N–H and O–H groups in total. The summed E-state index contributed by atoms with van der Waals surface area (Å²) in [6.07, 6.45) is 0.785. The van der Waals surface area contributed by atoms with Gasteiger partial charge in [-0.1, -0.05) is 41.6 Å². The summed E-state index contributed by atoms with van der Waals surface area (Å²) in [6.45, 7) is 3.77. The van der Waals surface area contributed by atoms with Gasteiger partial charge in [-0.25, -0.2) is 0 Å². The molecule has 130 valence electrons. The van der Waals surface area contributed by atoms with Crippen molar-refractivity contribution in [3.63, 3.8) is 0 Å². The molecule has 0 radical (unpaired) electrons. The molecule has 1 amide bonds. The van der Waals surface area contributed by atoms with Gasteiger partial charge in [-0.05, 0) is 48.0 Å². The number of thioether (sulfide) groups is 1. The van der Waals surface area contributed by atoms with E-state index in [0.717, 1.165) is 17.1 Å². The van der Waals surface area contributed by atoms with E-state index in [1.807, 2.05) is 6.92 Å². The molecule has 3 rings (SSSR count). The number of nitrogens with one attached hydrogen (secondary N) is 1. The first-order valence-corrected chi connectivity index (χ1v) is 9.48. The SMILES string of the molecule is CCc1nnc(NC(=O)[C@H](C)Sc2nnnn2-c2ccc(Cl)cc2)s1. The second-order valence-corrected chi connectivity index (χ2v) is 7.76. The molecule has 0 aliphatic carbocycles. The molecule has 0 unspecified atom stereocenters. The lowest BCUT2D eigenvalue weighted by Gasteiger charge is -2.10. The third kappa shape index (κ3) is 4.33. The Balaban J connectivity index is 1.68. The minimum absolute atomic E-state index is 0.186. The van der Waals surface area contributed by atoms with E-state index in [-0.39, 0.29) is 5.91 Å². The highest BCUT2D eigenvalue weighted by molar-refractivity contribution is 8.00. The van der Waals surface area contributed by atoms with Crippen molar-refractivity contribution in [1.29, 1.82) is 0 Å². The average molecular weight is 396 g/mol. The van der Waals surface area contributed by atoms with Crippen LogP contribution in [0.2, 0.25) is 5.02 Å². The molecular weight excluding hydrogens is 382 g/mol. The Morgan fingerprint density at radius 3 is 2.76 bits per heavy atom. The number of anilines is 1. The quantitative estimate of drug-likeness (QED) is 0.640. The van der Waals surface area contributed by atoms with E-state index < -0.39 is 5.25 Å². The number of hydrogen-bond donors (Lipinski definition) is 1. The van der Waals surface area contributed by atoms with Gasteiger partial charge in [0.15, 0.2) is 0 Å². The molecule has 2 aromatic heterocycles. The lowest BCUT2D eigenvalue weighted by atomic mass is 10.3. The minimum atomic E-state index is -0.411. The maximum absolute atomic E-state index is 12.3. The molecule has 1 aromatic carbocycles. The lowest BCUT2D eigenvalue weighted by molar-refractivity contribution is -0.115. The summed E-state index contributed by atoms with van der Waals surface area (Å²) in [5, 5.41) is 24.4. The second-order valence-electron chi connectivity index (χ2n) is 4.95. The summed E-state index contributed by atoms with van der Waals surface area (Å²) in [6, 6.07) is 7.12. The van der Waals surface area contributed by atoms with Gasteiger partial charge in [0, 0.05) is 5.02 Å². The number of rotatable bonds is 6. The summed E-state index contributed by atoms with van der Waals surface area (Å²) >= 11 is 8.52. The van der Waals surface area contributed by atoms with E-state index in [4.69, 9.17) is 11.6 Å². The van der Waals surface area contributed by atoms with Crippen molar-refractivity contribution < 1.29 is 4.79 Å². The Hall–Kier alpha value is -2.04. The number of carbonyl (C=O) groups excluding carboxylic acids is 1. The molecule has 0 saturated carbocycles. The van der Waals surface area contributed by atoms with E-state index in [2.05, 4.69) is 31.0 Å². The first-order valence-electron chi connectivity index (χ1n) is 7.41. The van der Waals surface area contributed by atoms with Crippen LogP contribution in [-0.2, 0) is 11.2 Å². The van der Waals surface area contributed by atoms with E-state index in [1.54, 1.807) is 35.9 Å². The number of aromatic nitrogens is 6. The van der Waals surface area contributed by atoms with Crippen LogP contribution in [0.3, 0.4) is 0 Å². The van der Waals surface area contributed by atoms with Gasteiger partial charge in [0.2, 0.25) is 16.2 Å². The molecule has 8 nitrogen and oxygen atoms in total. The summed E-state index contributed by atoms with van der Waals surface area (Å²) < 4.78 is 1.56. The Kier molecular flexibility index (Phi) is 5.61. The van der Waals surface area contributed by atoms with Gasteiger partial charge in [-0.3, -0.25) is 10.1 Å². The normalized spacial score (nSPS) is 12.1. The monoisotopic (exact) mass is 395 g/mol. The van der Waals surface area contributed by atoms with Gasteiger partial charge in [-0.2, -0.15) is 4.68 Å². The largest absolute Gasteiger partial charge is 0.300 e. The Morgan fingerprint density at radius 2 is 2.08 bits per heavy atom. The van der Waals surface area contributed by atoms with Crippen LogP contribution in [0.1, 0.15) is 18.9 Å². The summed E-state index contributed by atoms with van der Waals surface area (Å²) in [5.74, 6) is -0.186. The van der Waals surface area contributed by atoms with E-state index in [1.165, 1.54) is 23.1 Å². The number of nitrogens with zero attached hydrogens (tertiary/aromatic N) is 6. The van der Waals surface area contributed by atoms with Crippen LogP contribution < -0.4 is 5.32 Å². The summed E-state index contributed by atoms with van der Waals surface area (Å²) in [5.41, 5.74) is 0.765. The number of halogens is 1. The zero-order valence-electron chi connectivity index (χ0n) is 13.4. The molecular formula is C14H14ClN7OS2. The van der Waals surface area contributed by atoms with Crippen molar-refractivity contribution in [3.05, 3.63) is 34.3 Å². The Bertz CT molecular complexity index is 864. The van der Waals surface area contributed by atoms with Gasteiger partial charge in [0.05, 0.1) is 10.9 Å². The first-order chi connectivity index (χ1) is 12.1. The molecule has 0 bridgehead atoms. The van der Waals surface area contributed by atoms with Crippen LogP contribution in [0.5, 0.6) is 0 Å². The number of benzene rings is 1. The maximum Gasteiger partial charge on any atom is 0.239 e. The molecule has 11 heteroatoms. The van der Waals surface area contributed by atoms with Crippen molar-refractivity contribution in [2.24, 2.45) is 0 Å². The summed E-state index contributed by atoms with van der Waals surface area (Å²) in [4.78, 5) is 12.3. The number of tetrazole rings is 1. The lowest BCUT2D eigenvalue weighted by Crippen LogP contribution is -2.22. The van der Waals surface area contributed by atoms with Crippen LogP contribution in [-0.4, -0.2) is 41.6 Å². The molecule has 3 aromatic rings. The second kappa shape index (κ2) is 7.89. The van der Waals surface area contributed by atoms with Gasteiger partial charge in [0.25, 0.3) is 0 Å². The smallest absolute Gasteiger partial charge is 0.239 e. The van der Waals surface area contributed by atoms with E-state index >= 15 is 0 Å². The zero-order chi connectivity index (χ0) is 17.8. The molecule has 0 aliphatic heterocycles. The van der Waals surface area contributed by atoms with Crippen LogP contribution >= 0.6 is 34.7 Å². The third-order valence-corrected chi connectivity index (χ3v) is 5.43. The Morgan fingerprint density at radius 1 is 1.32 bits per heavy atom. The molecule has 25 heavy (non-hydrogen) atoms. The van der Waals surface area contributed by atoms with Crippen molar-refractivity contribution in [2.75, 3.05) is 5.32 Å². The van der Waals surface area contributed by atoms with Crippen molar-refractivity contribution in [2.45, 2.75) is 30.7 Å². The highest BCUT2D eigenvalue weighted by atomic mass is 35.5. The van der Waals surface area contributed by atoms with Crippen LogP contribution in [0.15, 0.2) is 29.4 Å². The maximum atomic E-state index is 12.3. The first kappa shape index (κ1) is 17.8. The number of aryl methyl sites for hydroxylation is 1. The molecule has 1 atom stereocenters. The van der Waals surface area contributed by atoms with Crippen LogP contribution in [0.4, 0.5) is 5.13 Å². The van der Waals surface area contributed by atoms with Gasteiger partial charge < -0.3 is 0 Å². The number of hydrogen-bond acceptors (Lipinski definition) is 8. The average Bonchev–Trinajstić information content (AvgIpc) is 3.25. The fourth-order valence-corrected chi connectivity index (χ4v) is 3.48. The van der Waals surface area contributed by atoms with Gasteiger partial charge in [0.1, 0.15) is 5.01 Å². The highest BCUT2D eigenvalue weighted by Crippen LogP contribution is 2.25. The van der Waals surface area contributed by atoms with Crippen LogP contribution in [0, 0.1) is 0 Å².